The van der Waals surface area contributed by atoms with Crippen LogP contribution in [0.1, 0.15) is 36.7 Å². The number of aryl methyl sites for hydroxylation is 1. The Morgan fingerprint density at radius 2 is 2.29 bits per heavy atom. The number of carbonyl (C=O) groups excluding carboxylic acids is 1. The third-order valence-corrected chi connectivity index (χ3v) is 2.36. The van der Waals surface area contributed by atoms with Crippen LogP contribution >= 0.6 is 0 Å². The first-order valence-electron chi connectivity index (χ1n) is 5.50. The lowest BCUT2D eigenvalue weighted by molar-refractivity contribution is -0.141. The molecule has 0 aliphatic heterocycles. The van der Waals surface area contributed by atoms with Crippen LogP contribution in [-0.2, 0) is 11.2 Å². The fourth-order valence-corrected chi connectivity index (χ4v) is 1.19. The van der Waals surface area contributed by atoms with E-state index in [1.54, 1.807) is 6.92 Å². The van der Waals surface area contributed by atoms with Crippen LogP contribution in [-0.4, -0.2) is 28.5 Å². The zero-order chi connectivity index (χ0) is 12.8. The van der Waals surface area contributed by atoms with E-state index in [0.717, 1.165) is 0 Å². The third kappa shape index (κ3) is 3.90. The SMILES string of the molecule is CCc1ncc(C(=O)NCC[C@@H](C)C(=O)O)o1. The molecule has 17 heavy (non-hydrogen) atoms. The minimum absolute atomic E-state index is 0.157. The van der Waals surface area contributed by atoms with Gasteiger partial charge in [0.15, 0.2) is 5.89 Å². The number of amides is 1. The molecule has 6 nitrogen and oxygen atoms in total. The van der Waals surface area contributed by atoms with Crippen LogP contribution in [0.2, 0.25) is 0 Å². The highest BCUT2D eigenvalue weighted by Gasteiger charge is 2.14. The number of aromatic nitrogens is 1. The molecule has 2 N–H and O–H groups in total. The van der Waals surface area contributed by atoms with Crippen molar-refractivity contribution in [3.05, 3.63) is 17.8 Å². The molecule has 0 unspecified atom stereocenters. The fourth-order valence-electron chi connectivity index (χ4n) is 1.19. The van der Waals surface area contributed by atoms with Crippen LogP contribution in [0.4, 0.5) is 0 Å². The number of carbonyl (C=O) groups is 2. The van der Waals surface area contributed by atoms with Crippen molar-refractivity contribution in [1.82, 2.24) is 10.3 Å². The zero-order valence-electron chi connectivity index (χ0n) is 9.90. The number of aliphatic carboxylic acids is 1. The first-order chi connectivity index (χ1) is 8.04. The van der Waals surface area contributed by atoms with Gasteiger partial charge >= 0.3 is 5.97 Å². The van der Waals surface area contributed by atoms with E-state index < -0.39 is 11.9 Å². The standard InChI is InChI=1S/C11H16N2O4/c1-3-9-13-6-8(17-9)10(14)12-5-4-7(2)11(15)16/h6-7H,3-5H2,1-2H3,(H,12,14)(H,15,16)/t7-/m1/s1. The zero-order valence-corrected chi connectivity index (χ0v) is 9.90. The van der Waals surface area contributed by atoms with Gasteiger partial charge in [0.25, 0.3) is 5.91 Å². The van der Waals surface area contributed by atoms with E-state index in [4.69, 9.17) is 9.52 Å². The lowest BCUT2D eigenvalue weighted by atomic mass is 10.1. The predicted octanol–water partition coefficient (Wildman–Crippen LogP) is 1.08. The van der Waals surface area contributed by atoms with Gasteiger partial charge in [0.05, 0.1) is 12.1 Å². The Bertz CT molecular complexity index is 400. The number of carboxylic acids is 1. The van der Waals surface area contributed by atoms with Crippen molar-refractivity contribution >= 4 is 11.9 Å². The highest BCUT2D eigenvalue weighted by Crippen LogP contribution is 2.04. The fraction of sp³-hybridized carbons (Fsp3) is 0.545. The van der Waals surface area contributed by atoms with Crippen molar-refractivity contribution < 1.29 is 19.1 Å². The summed E-state index contributed by atoms with van der Waals surface area (Å²) in [4.78, 5) is 26.0. The second-order valence-corrected chi connectivity index (χ2v) is 3.76. The molecular weight excluding hydrogens is 224 g/mol. The van der Waals surface area contributed by atoms with Crippen molar-refractivity contribution in [3.8, 4) is 0 Å². The van der Waals surface area contributed by atoms with E-state index >= 15 is 0 Å². The van der Waals surface area contributed by atoms with Gasteiger partial charge < -0.3 is 14.8 Å². The lowest BCUT2D eigenvalue weighted by Crippen LogP contribution is -2.26. The smallest absolute Gasteiger partial charge is 0.306 e. The Labute approximate surface area is 99.0 Å². The van der Waals surface area contributed by atoms with Crippen molar-refractivity contribution in [2.24, 2.45) is 5.92 Å². The van der Waals surface area contributed by atoms with Crippen molar-refractivity contribution in [2.45, 2.75) is 26.7 Å². The maximum absolute atomic E-state index is 11.5. The van der Waals surface area contributed by atoms with Gasteiger partial charge in [0, 0.05) is 13.0 Å². The molecule has 94 valence electrons. The van der Waals surface area contributed by atoms with Gasteiger partial charge in [-0.2, -0.15) is 0 Å². The minimum atomic E-state index is -0.868. The number of oxazole rings is 1. The molecule has 6 heteroatoms. The average molecular weight is 240 g/mol. The van der Waals surface area contributed by atoms with E-state index in [2.05, 4.69) is 10.3 Å². The molecule has 0 aliphatic carbocycles. The molecule has 0 spiro atoms. The minimum Gasteiger partial charge on any atom is -0.481 e. The highest BCUT2D eigenvalue weighted by atomic mass is 16.4. The molecule has 1 heterocycles. The number of carboxylic acid groups (broad SMARTS) is 1. The van der Waals surface area contributed by atoms with Crippen molar-refractivity contribution in [3.63, 3.8) is 0 Å². The number of rotatable bonds is 6. The number of nitrogens with one attached hydrogen (secondary N) is 1. The summed E-state index contributed by atoms with van der Waals surface area (Å²) in [5, 5.41) is 11.2. The molecule has 1 rings (SSSR count). The van der Waals surface area contributed by atoms with Gasteiger partial charge in [0.1, 0.15) is 0 Å². The Morgan fingerprint density at radius 3 is 2.82 bits per heavy atom. The lowest BCUT2D eigenvalue weighted by Gasteiger charge is -2.06. The number of hydrogen-bond acceptors (Lipinski definition) is 4. The van der Waals surface area contributed by atoms with Gasteiger partial charge in [-0.3, -0.25) is 9.59 Å². The van der Waals surface area contributed by atoms with Gasteiger partial charge in [-0.25, -0.2) is 4.98 Å². The molecule has 1 aromatic heterocycles. The van der Waals surface area contributed by atoms with E-state index in [-0.39, 0.29) is 11.7 Å². The Hall–Kier alpha value is -1.85. The van der Waals surface area contributed by atoms with Gasteiger partial charge in [-0.1, -0.05) is 13.8 Å². The summed E-state index contributed by atoms with van der Waals surface area (Å²) >= 11 is 0. The van der Waals surface area contributed by atoms with Crippen LogP contribution in [0, 0.1) is 5.92 Å². The molecule has 0 saturated heterocycles. The van der Waals surface area contributed by atoms with Gasteiger partial charge in [-0.15, -0.1) is 0 Å². The Balaban J connectivity index is 2.37. The predicted molar refractivity (Wildman–Crippen MR) is 59.6 cm³/mol. The summed E-state index contributed by atoms with van der Waals surface area (Å²) in [6.07, 6.45) is 2.38. The highest BCUT2D eigenvalue weighted by molar-refractivity contribution is 5.91. The third-order valence-electron chi connectivity index (χ3n) is 2.36. The maximum Gasteiger partial charge on any atom is 0.306 e. The first-order valence-corrected chi connectivity index (χ1v) is 5.50. The molecule has 1 aromatic rings. The Kier molecular flexibility index (Phi) is 4.68. The molecule has 0 aliphatic rings. The molecule has 1 amide bonds. The summed E-state index contributed by atoms with van der Waals surface area (Å²) in [5.74, 6) is -1.04. The monoisotopic (exact) mass is 240 g/mol. The van der Waals surface area contributed by atoms with Crippen LogP contribution in [0.5, 0.6) is 0 Å². The normalized spacial score (nSPS) is 12.1. The molecule has 0 bridgehead atoms. The van der Waals surface area contributed by atoms with Crippen LogP contribution < -0.4 is 5.32 Å². The van der Waals surface area contributed by atoms with Gasteiger partial charge in [0.2, 0.25) is 5.76 Å². The van der Waals surface area contributed by atoms with E-state index in [0.29, 0.717) is 25.3 Å². The first kappa shape index (κ1) is 13.2. The maximum atomic E-state index is 11.5. The number of hydrogen-bond donors (Lipinski definition) is 2. The number of nitrogens with zero attached hydrogens (tertiary/aromatic N) is 1. The van der Waals surface area contributed by atoms with E-state index in [1.165, 1.54) is 6.20 Å². The average Bonchev–Trinajstić information content (AvgIpc) is 2.77. The summed E-state index contributed by atoms with van der Waals surface area (Å²) < 4.78 is 5.16. The Morgan fingerprint density at radius 1 is 1.59 bits per heavy atom. The summed E-state index contributed by atoms with van der Waals surface area (Å²) in [7, 11) is 0. The van der Waals surface area contributed by atoms with Crippen LogP contribution in [0.3, 0.4) is 0 Å². The second kappa shape index (κ2) is 6.03. The summed E-state index contributed by atoms with van der Waals surface area (Å²) in [6.45, 7) is 3.77. The largest absolute Gasteiger partial charge is 0.481 e. The summed E-state index contributed by atoms with van der Waals surface area (Å²) in [6, 6.07) is 0. The molecular formula is C11H16N2O4. The topological polar surface area (TPSA) is 92.4 Å². The molecule has 0 radical (unpaired) electrons. The van der Waals surface area contributed by atoms with E-state index in [1.807, 2.05) is 6.92 Å². The van der Waals surface area contributed by atoms with Crippen LogP contribution in [0.25, 0.3) is 0 Å². The van der Waals surface area contributed by atoms with Gasteiger partial charge in [-0.05, 0) is 6.42 Å². The van der Waals surface area contributed by atoms with E-state index in [9.17, 15) is 9.59 Å². The second-order valence-electron chi connectivity index (χ2n) is 3.76. The molecule has 0 fully saturated rings. The van der Waals surface area contributed by atoms with Crippen molar-refractivity contribution in [1.29, 1.82) is 0 Å². The molecule has 1 atom stereocenters. The summed E-state index contributed by atoms with van der Waals surface area (Å²) in [5.41, 5.74) is 0. The molecule has 0 saturated carbocycles. The van der Waals surface area contributed by atoms with Crippen molar-refractivity contribution in [2.75, 3.05) is 6.54 Å². The quantitative estimate of drug-likeness (QED) is 0.776. The van der Waals surface area contributed by atoms with Crippen LogP contribution in [0.15, 0.2) is 10.6 Å². The molecule has 0 aromatic carbocycles.